The Morgan fingerprint density at radius 2 is 1.81 bits per heavy atom. The second-order valence-electron chi connectivity index (χ2n) is 6.01. The zero-order valence-electron chi connectivity index (χ0n) is 14.7. The van der Waals surface area contributed by atoms with Crippen molar-refractivity contribution in [2.24, 2.45) is 0 Å². The van der Waals surface area contributed by atoms with Crippen LogP contribution in [0, 0.1) is 0 Å². The first-order valence-electron chi connectivity index (χ1n) is 8.60. The molecule has 0 saturated carbocycles. The van der Waals surface area contributed by atoms with Crippen molar-refractivity contribution >= 4 is 46.7 Å². The number of benzene rings is 3. The summed E-state index contributed by atoms with van der Waals surface area (Å²) in [5.74, 6) is 0.806. The lowest BCUT2D eigenvalue weighted by atomic mass is 10.1. The molecule has 0 atom stereocenters. The summed E-state index contributed by atoms with van der Waals surface area (Å²) < 4.78 is 3.15. The Morgan fingerprint density at radius 3 is 2.67 bits per heavy atom. The van der Waals surface area contributed by atoms with Crippen LogP contribution in [-0.4, -0.2) is 17.0 Å². The van der Waals surface area contributed by atoms with Crippen LogP contribution in [0.25, 0.3) is 34.3 Å². The Morgan fingerprint density at radius 1 is 1.00 bits per heavy atom. The van der Waals surface area contributed by atoms with Crippen molar-refractivity contribution < 1.29 is 0 Å². The Bertz CT molecular complexity index is 1120. The lowest BCUT2D eigenvalue weighted by Gasteiger charge is -2.08. The smallest absolute Gasteiger partial charge is 0.131 e. The molecule has 27 heavy (non-hydrogen) atoms. The quantitative estimate of drug-likeness (QED) is 0.393. The first-order valence-corrected chi connectivity index (χ1v) is 9.79. The first kappa shape index (κ1) is 17.9. The monoisotopic (exact) mass is 391 g/mol. The Labute approximate surface area is 167 Å². The molecule has 134 valence electrons. The van der Waals surface area contributed by atoms with Gasteiger partial charge in [-0.05, 0) is 72.1 Å². The third-order valence-electron chi connectivity index (χ3n) is 4.24. The summed E-state index contributed by atoms with van der Waals surface area (Å²) in [5.41, 5.74) is 5.28. The molecule has 0 fully saturated rings. The maximum absolute atomic E-state index is 6.21. The van der Waals surface area contributed by atoms with E-state index in [0.717, 1.165) is 33.0 Å². The molecule has 4 rings (SSSR count). The van der Waals surface area contributed by atoms with Crippen LogP contribution in [0.1, 0.15) is 11.4 Å². The molecule has 2 N–H and O–H groups in total. The van der Waals surface area contributed by atoms with Crippen molar-refractivity contribution in [3.05, 3.63) is 83.1 Å². The molecule has 3 aromatic carbocycles. The highest BCUT2D eigenvalue weighted by Crippen LogP contribution is 2.31. The van der Waals surface area contributed by atoms with Gasteiger partial charge in [0.25, 0.3) is 0 Å². The van der Waals surface area contributed by atoms with Gasteiger partial charge in [0.1, 0.15) is 5.82 Å². The summed E-state index contributed by atoms with van der Waals surface area (Å²) in [5, 5.41) is 0.728. The van der Waals surface area contributed by atoms with Crippen LogP contribution in [0.4, 0.5) is 0 Å². The molecule has 0 spiro atoms. The maximum atomic E-state index is 6.21. The molecule has 0 radical (unpaired) electrons. The second-order valence-corrected chi connectivity index (χ2v) is 7.47. The van der Waals surface area contributed by atoms with Crippen molar-refractivity contribution in [1.82, 2.24) is 14.7 Å². The molecular formula is C22H18ClN3S. The number of nitrogens with zero attached hydrogens (tertiary/aromatic N) is 1. The van der Waals surface area contributed by atoms with Gasteiger partial charge in [-0.15, -0.1) is 0 Å². The predicted molar refractivity (Wildman–Crippen MR) is 117 cm³/mol. The molecule has 0 unspecified atom stereocenters. The number of nitrogens with one attached hydrogen (secondary N) is 2. The van der Waals surface area contributed by atoms with Crippen LogP contribution in [0.2, 0.25) is 5.02 Å². The summed E-state index contributed by atoms with van der Waals surface area (Å²) in [4.78, 5) is 9.22. The van der Waals surface area contributed by atoms with Gasteiger partial charge < -0.3 is 4.98 Å². The second kappa shape index (κ2) is 8.01. The van der Waals surface area contributed by atoms with E-state index in [2.05, 4.69) is 57.2 Å². The van der Waals surface area contributed by atoms with E-state index in [0.29, 0.717) is 0 Å². The molecule has 5 heteroatoms. The number of fused-ring (bicyclic) bond motifs is 1. The van der Waals surface area contributed by atoms with E-state index in [4.69, 9.17) is 11.6 Å². The zero-order chi connectivity index (χ0) is 18.6. The third kappa shape index (κ3) is 3.93. The van der Waals surface area contributed by atoms with E-state index >= 15 is 0 Å². The number of rotatable bonds is 5. The number of imidazole rings is 1. The topological polar surface area (TPSA) is 40.7 Å². The van der Waals surface area contributed by atoms with Crippen molar-refractivity contribution in [3.63, 3.8) is 0 Å². The molecule has 1 heterocycles. The van der Waals surface area contributed by atoms with Crippen LogP contribution in [0.3, 0.4) is 0 Å². The van der Waals surface area contributed by atoms with Crippen LogP contribution in [0.5, 0.6) is 0 Å². The molecule has 4 aromatic rings. The predicted octanol–water partition coefficient (Wildman–Crippen LogP) is 6.28. The summed E-state index contributed by atoms with van der Waals surface area (Å²) in [7, 11) is 1.93. The Hall–Kier alpha value is -2.53. The van der Waals surface area contributed by atoms with Crippen molar-refractivity contribution in [3.8, 4) is 11.1 Å². The van der Waals surface area contributed by atoms with Gasteiger partial charge in [0.05, 0.1) is 11.0 Å². The standard InChI is InChI=1S/C22H18ClN3S/c1-24-27-21-9-5-3-7-17(21)16-10-12-19-20(14-16)26-22(25-19)13-11-15-6-2-4-8-18(15)23/h2-14,24H,1H3,(H,25,26)/b13-11+. The van der Waals surface area contributed by atoms with Gasteiger partial charge in [-0.3, -0.25) is 4.72 Å². The third-order valence-corrected chi connectivity index (χ3v) is 5.36. The van der Waals surface area contributed by atoms with E-state index < -0.39 is 0 Å². The minimum absolute atomic E-state index is 0.728. The largest absolute Gasteiger partial charge is 0.338 e. The zero-order valence-corrected chi connectivity index (χ0v) is 16.3. The van der Waals surface area contributed by atoms with Gasteiger partial charge in [0.15, 0.2) is 0 Å². The molecule has 0 amide bonds. The minimum atomic E-state index is 0.728. The summed E-state index contributed by atoms with van der Waals surface area (Å²) in [6.07, 6.45) is 3.92. The van der Waals surface area contributed by atoms with Gasteiger partial charge in [-0.1, -0.05) is 54.1 Å². The highest BCUT2D eigenvalue weighted by molar-refractivity contribution is 7.97. The van der Waals surface area contributed by atoms with Gasteiger partial charge in [0.2, 0.25) is 0 Å². The normalized spacial score (nSPS) is 11.5. The fraction of sp³-hybridized carbons (Fsp3) is 0.0455. The lowest BCUT2D eigenvalue weighted by molar-refractivity contribution is 1.28. The van der Waals surface area contributed by atoms with E-state index in [1.54, 1.807) is 11.9 Å². The number of H-pyrrole nitrogens is 1. The SMILES string of the molecule is CNSc1ccccc1-c1ccc2nc(/C=C/c3ccccc3Cl)[nH]c2c1. The number of halogens is 1. The molecule has 0 bridgehead atoms. The minimum Gasteiger partial charge on any atom is -0.338 e. The number of aromatic nitrogens is 2. The van der Waals surface area contributed by atoms with Crippen molar-refractivity contribution in [2.45, 2.75) is 4.90 Å². The fourth-order valence-corrected chi connectivity index (χ4v) is 3.82. The highest BCUT2D eigenvalue weighted by atomic mass is 35.5. The molecule has 3 nitrogen and oxygen atoms in total. The van der Waals surface area contributed by atoms with Crippen LogP contribution >= 0.6 is 23.5 Å². The molecule has 1 aromatic heterocycles. The number of hydrogen-bond donors (Lipinski definition) is 2. The van der Waals surface area contributed by atoms with E-state index in [1.807, 2.05) is 43.5 Å². The number of hydrogen-bond acceptors (Lipinski definition) is 3. The average Bonchev–Trinajstić information content (AvgIpc) is 3.10. The maximum Gasteiger partial charge on any atom is 0.131 e. The van der Waals surface area contributed by atoms with Crippen molar-refractivity contribution in [2.75, 3.05) is 7.05 Å². The van der Waals surface area contributed by atoms with E-state index in [1.165, 1.54) is 10.5 Å². The molecule has 0 aliphatic rings. The van der Waals surface area contributed by atoms with E-state index in [-0.39, 0.29) is 0 Å². The van der Waals surface area contributed by atoms with Gasteiger partial charge in [0, 0.05) is 9.92 Å². The van der Waals surface area contributed by atoms with Gasteiger partial charge in [-0.25, -0.2) is 4.98 Å². The van der Waals surface area contributed by atoms with Gasteiger partial charge >= 0.3 is 0 Å². The Balaban J connectivity index is 1.68. The Kier molecular flexibility index (Phi) is 5.30. The summed E-state index contributed by atoms with van der Waals surface area (Å²) >= 11 is 7.82. The molecule has 0 saturated heterocycles. The lowest BCUT2D eigenvalue weighted by Crippen LogP contribution is -1.92. The summed E-state index contributed by atoms with van der Waals surface area (Å²) in [6, 6.07) is 22.4. The molecular weight excluding hydrogens is 374 g/mol. The number of aromatic amines is 1. The van der Waals surface area contributed by atoms with Gasteiger partial charge in [-0.2, -0.15) is 0 Å². The van der Waals surface area contributed by atoms with Crippen LogP contribution < -0.4 is 4.72 Å². The first-order chi connectivity index (χ1) is 13.2. The van der Waals surface area contributed by atoms with E-state index in [9.17, 15) is 0 Å². The molecule has 0 aliphatic heterocycles. The van der Waals surface area contributed by atoms with Crippen LogP contribution in [0.15, 0.2) is 71.6 Å². The molecule has 0 aliphatic carbocycles. The van der Waals surface area contributed by atoms with Crippen molar-refractivity contribution in [1.29, 1.82) is 0 Å². The highest BCUT2D eigenvalue weighted by Gasteiger charge is 2.08. The average molecular weight is 392 g/mol. The van der Waals surface area contributed by atoms with Crippen LogP contribution in [-0.2, 0) is 0 Å². The fourth-order valence-electron chi connectivity index (χ4n) is 2.96. The summed E-state index contributed by atoms with van der Waals surface area (Å²) in [6.45, 7) is 0.